The summed E-state index contributed by atoms with van der Waals surface area (Å²) in [6.07, 6.45) is 2.29. The van der Waals surface area contributed by atoms with Gasteiger partial charge in [-0.15, -0.1) is 0 Å². The second-order valence-electron chi connectivity index (χ2n) is 4.85. The van der Waals surface area contributed by atoms with E-state index in [1.165, 1.54) is 0 Å². The first-order chi connectivity index (χ1) is 9.06. The van der Waals surface area contributed by atoms with E-state index in [4.69, 9.17) is 0 Å². The van der Waals surface area contributed by atoms with Crippen LogP contribution >= 0.6 is 38.5 Å². The Morgan fingerprint density at radius 2 is 2.16 bits per heavy atom. The Hall–Kier alpha value is -0.690. The number of hydrogen-bond acceptors (Lipinski definition) is 2. The Morgan fingerprint density at radius 3 is 2.79 bits per heavy atom. The molecule has 0 radical (unpaired) electrons. The van der Waals surface area contributed by atoms with Crippen LogP contribution in [-0.4, -0.2) is 9.97 Å². The maximum Gasteiger partial charge on any atom is 0.264 e. The smallest absolute Gasteiger partial charge is 0.264 e. The van der Waals surface area contributed by atoms with Gasteiger partial charge in [-0.1, -0.05) is 15.9 Å². The summed E-state index contributed by atoms with van der Waals surface area (Å²) in [6.45, 7) is 2.02. The summed E-state index contributed by atoms with van der Waals surface area (Å²) in [6, 6.07) is 5.99. The standard InChI is InChI=1S/C14H12BrIN2O/c1-7-6-9(15)4-5-10(7)13-17-12(8-2-3-8)11(16)14(19)18-13/h4-6,8H,2-3H2,1H3,(H,17,18,19). The molecule has 19 heavy (non-hydrogen) atoms. The summed E-state index contributed by atoms with van der Waals surface area (Å²) in [5.74, 6) is 1.15. The maximum absolute atomic E-state index is 12.0. The average molecular weight is 431 g/mol. The van der Waals surface area contributed by atoms with E-state index in [-0.39, 0.29) is 5.56 Å². The molecule has 0 spiro atoms. The Balaban J connectivity index is 2.17. The lowest BCUT2D eigenvalue weighted by Crippen LogP contribution is -2.16. The zero-order valence-corrected chi connectivity index (χ0v) is 14.1. The summed E-state index contributed by atoms with van der Waals surface area (Å²) in [4.78, 5) is 19.6. The molecule has 0 bridgehead atoms. The van der Waals surface area contributed by atoms with E-state index in [1.54, 1.807) is 0 Å². The summed E-state index contributed by atoms with van der Waals surface area (Å²) >= 11 is 5.55. The van der Waals surface area contributed by atoms with Crippen LogP contribution in [0.4, 0.5) is 0 Å². The molecule has 0 aliphatic heterocycles. The zero-order valence-electron chi connectivity index (χ0n) is 10.3. The summed E-state index contributed by atoms with van der Waals surface area (Å²) in [7, 11) is 0. The molecule has 0 amide bonds. The number of rotatable bonds is 2. The third-order valence-electron chi connectivity index (χ3n) is 3.30. The minimum Gasteiger partial charge on any atom is -0.306 e. The molecule has 1 fully saturated rings. The van der Waals surface area contributed by atoms with Crippen molar-refractivity contribution in [2.75, 3.05) is 0 Å². The monoisotopic (exact) mass is 430 g/mol. The minimum atomic E-state index is -0.0326. The van der Waals surface area contributed by atoms with Gasteiger partial charge in [0.1, 0.15) is 5.82 Å². The highest BCUT2D eigenvalue weighted by Gasteiger charge is 2.29. The predicted molar refractivity (Wildman–Crippen MR) is 87.4 cm³/mol. The van der Waals surface area contributed by atoms with Crippen LogP contribution in [0.5, 0.6) is 0 Å². The summed E-state index contributed by atoms with van der Waals surface area (Å²) in [5, 5.41) is 0. The number of benzene rings is 1. The molecule has 2 aromatic rings. The first-order valence-electron chi connectivity index (χ1n) is 6.12. The van der Waals surface area contributed by atoms with Crippen molar-refractivity contribution in [3.05, 3.63) is 47.9 Å². The first kappa shape index (κ1) is 13.3. The third-order valence-corrected chi connectivity index (χ3v) is 4.83. The lowest BCUT2D eigenvalue weighted by atomic mass is 10.1. The number of H-pyrrole nitrogens is 1. The van der Waals surface area contributed by atoms with E-state index in [0.717, 1.165) is 37.7 Å². The van der Waals surface area contributed by atoms with Crippen molar-refractivity contribution in [3.8, 4) is 11.4 Å². The number of aryl methyl sites for hydroxylation is 1. The number of hydrogen-bond donors (Lipinski definition) is 1. The summed E-state index contributed by atoms with van der Waals surface area (Å²) < 4.78 is 1.77. The molecule has 1 aromatic heterocycles. The normalized spacial score (nSPS) is 14.7. The van der Waals surface area contributed by atoms with Gasteiger partial charge in [-0.2, -0.15) is 0 Å². The molecular weight excluding hydrogens is 419 g/mol. The molecular formula is C14H12BrIN2O. The topological polar surface area (TPSA) is 45.8 Å². The van der Waals surface area contributed by atoms with Gasteiger partial charge in [0, 0.05) is 16.0 Å². The second-order valence-corrected chi connectivity index (χ2v) is 6.84. The fourth-order valence-electron chi connectivity index (χ4n) is 2.12. The highest BCUT2D eigenvalue weighted by Crippen LogP contribution is 2.40. The van der Waals surface area contributed by atoms with Gasteiger partial charge in [-0.25, -0.2) is 4.98 Å². The Labute approximate surface area is 133 Å². The van der Waals surface area contributed by atoms with Crippen molar-refractivity contribution in [3.63, 3.8) is 0 Å². The zero-order chi connectivity index (χ0) is 13.6. The molecule has 1 aliphatic carbocycles. The molecule has 0 unspecified atom stereocenters. The largest absolute Gasteiger partial charge is 0.306 e. The molecule has 0 saturated heterocycles. The molecule has 5 heteroatoms. The van der Waals surface area contributed by atoms with Crippen LogP contribution in [-0.2, 0) is 0 Å². The fourth-order valence-corrected chi connectivity index (χ4v) is 3.30. The van der Waals surface area contributed by atoms with Crippen LogP contribution in [0.2, 0.25) is 0 Å². The third kappa shape index (κ3) is 2.63. The van der Waals surface area contributed by atoms with Gasteiger partial charge in [0.05, 0.1) is 9.26 Å². The molecule has 3 rings (SSSR count). The van der Waals surface area contributed by atoms with Gasteiger partial charge < -0.3 is 4.98 Å². The number of nitrogens with one attached hydrogen (secondary N) is 1. The first-order valence-corrected chi connectivity index (χ1v) is 7.99. The van der Waals surface area contributed by atoms with Crippen LogP contribution < -0.4 is 5.56 Å². The van der Waals surface area contributed by atoms with Gasteiger partial charge in [-0.05, 0) is 66.1 Å². The minimum absolute atomic E-state index is 0.0326. The van der Waals surface area contributed by atoms with E-state index in [1.807, 2.05) is 25.1 Å². The van der Waals surface area contributed by atoms with E-state index in [9.17, 15) is 4.79 Å². The van der Waals surface area contributed by atoms with Crippen LogP contribution in [0.15, 0.2) is 27.5 Å². The quantitative estimate of drug-likeness (QED) is 0.732. The van der Waals surface area contributed by atoms with Gasteiger partial charge in [-0.3, -0.25) is 4.79 Å². The molecule has 1 aromatic carbocycles. The van der Waals surface area contributed by atoms with Crippen molar-refractivity contribution in [2.45, 2.75) is 25.7 Å². The SMILES string of the molecule is Cc1cc(Br)ccc1-c1nc(C2CC2)c(I)c(=O)[nH]1. The second kappa shape index (κ2) is 5.01. The predicted octanol–water partition coefficient (Wildman–Crippen LogP) is 3.99. The fraction of sp³-hybridized carbons (Fsp3) is 0.286. The van der Waals surface area contributed by atoms with Crippen molar-refractivity contribution in [1.29, 1.82) is 0 Å². The molecule has 3 nitrogen and oxygen atoms in total. The lowest BCUT2D eigenvalue weighted by Gasteiger charge is -2.08. The van der Waals surface area contributed by atoms with Crippen LogP contribution in [0, 0.1) is 10.5 Å². The van der Waals surface area contributed by atoms with Crippen molar-refractivity contribution < 1.29 is 0 Å². The number of aromatic nitrogens is 2. The summed E-state index contributed by atoms with van der Waals surface area (Å²) in [5.41, 5.74) is 3.01. The number of nitrogens with zero attached hydrogens (tertiary/aromatic N) is 1. The van der Waals surface area contributed by atoms with Crippen LogP contribution in [0.1, 0.15) is 30.0 Å². The highest BCUT2D eigenvalue weighted by molar-refractivity contribution is 14.1. The van der Waals surface area contributed by atoms with Crippen molar-refractivity contribution >= 4 is 38.5 Å². The van der Waals surface area contributed by atoms with Crippen LogP contribution in [0.3, 0.4) is 0 Å². The van der Waals surface area contributed by atoms with Crippen molar-refractivity contribution in [1.82, 2.24) is 9.97 Å². The molecule has 1 heterocycles. The van der Waals surface area contributed by atoms with E-state index >= 15 is 0 Å². The van der Waals surface area contributed by atoms with E-state index < -0.39 is 0 Å². The molecule has 1 aliphatic rings. The Kier molecular flexibility index (Phi) is 3.51. The Morgan fingerprint density at radius 1 is 1.42 bits per heavy atom. The Bertz CT molecular complexity index is 707. The number of halogens is 2. The lowest BCUT2D eigenvalue weighted by molar-refractivity contribution is 0.957. The molecule has 1 N–H and O–H groups in total. The van der Waals surface area contributed by atoms with Gasteiger partial charge in [0.2, 0.25) is 0 Å². The van der Waals surface area contributed by atoms with Gasteiger partial charge >= 0.3 is 0 Å². The van der Waals surface area contributed by atoms with E-state index in [0.29, 0.717) is 11.7 Å². The van der Waals surface area contributed by atoms with Gasteiger partial charge in [0.25, 0.3) is 5.56 Å². The maximum atomic E-state index is 12.0. The van der Waals surface area contributed by atoms with Crippen molar-refractivity contribution in [2.24, 2.45) is 0 Å². The molecule has 98 valence electrons. The number of aromatic amines is 1. The molecule has 0 atom stereocenters. The van der Waals surface area contributed by atoms with Gasteiger partial charge in [0.15, 0.2) is 0 Å². The molecule has 1 saturated carbocycles. The van der Waals surface area contributed by atoms with Crippen LogP contribution in [0.25, 0.3) is 11.4 Å². The highest BCUT2D eigenvalue weighted by atomic mass is 127. The average Bonchev–Trinajstić information content (AvgIpc) is 3.17. The van der Waals surface area contributed by atoms with E-state index in [2.05, 4.69) is 48.5 Å².